The van der Waals surface area contributed by atoms with Crippen LogP contribution in [0.1, 0.15) is 25.6 Å². The molecule has 2 atom stereocenters. The zero-order valence-electron chi connectivity index (χ0n) is 12.8. The molecule has 1 N–H and O–H groups in total. The Morgan fingerprint density at radius 3 is 2.62 bits per heavy atom. The van der Waals surface area contributed by atoms with Crippen molar-refractivity contribution in [2.24, 2.45) is 0 Å². The minimum atomic E-state index is -0.00691. The first-order valence-corrected chi connectivity index (χ1v) is 7.44. The van der Waals surface area contributed by atoms with Gasteiger partial charge < -0.3 is 10.2 Å². The molecule has 0 radical (unpaired) electrons. The van der Waals surface area contributed by atoms with Crippen LogP contribution < -0.4 is 5.32 Å². The molecule has 0 spiro atoms. The molecule has 1 saturated heterocycles. The first-order valence-electron chi connectivity index (χ1n) is 7.44. The molecule has 0 unspecified atom stereocenters. The van der Waals surface area contributed by atoms with Crippen LogP contribution in [0.15, 0.2) is 37.1 Å². The predicted octanol–water partition coefficient (Wildman–Crippen LogP) is 2.04. The van der Waals surface area contributed by atoms with Gasteiger partial charge in [0.1, 0.15) is 0 Å². The summed E-state index contributed by atoms with van der Waals surface area (Å²) in [6.07, 6.45) is 3.56. The molecular weight excluding hydrogens is 264 g/mol. The van der Waals surface area contributed by atoms with Gasteiger partial charge in [-0.05, 0) is 26.0 Å². The van der Waals surface area contributed by atoms with Crippen molar-refractivity contribution in [3.8, 4) is 0 Å². The van der Waals surface area contributed by atoms with E-state index in [1.165, 1.54) is 0 Å². The Morgan fingerprint density at radius 2 is 2.05 bits per heavy atom. The van der Waals surface area contributed by atoms with Crippen molar-refractivity contribution in [2.45, 2.75) is 25.9 Å². The van der Waals surface area contributed by atoms with Gasteiger partial charge in [-0.15, -0.1) is 6.58 Å². The Morgan fingerprint density at radius 1 is 1.33 bits per heavy atom. The molecule has 1 aromatic rings. The van der Waals surface area contributed by atoms with Gasteiger partial charge in [-0.2, -0.15) is 0 Å². The van der Waals surface area contributed by atoms with E-state index in [1.54, 1.807) is 6.08 Å². The monoisotopic (exact) mass is 288 g/mol. The molecule has 0 bridgehead atoms. The second-order valence-corrected chi connectivity index (χ2v) is 5.43. The largest absolute Gasteiger partial charge is 0.332 e. The molecule has 5 nitrogen and oxygen atoms in total. The fourth-order valence-electron chi connectivity index (χ4n) is 2.47. The number of piperazine rings is 1. The van der Waals surface area contributed by atoms with Crippen molar-refractivity contribution < 1.29 is 4.79 Å². The molecule has 2 amide bonds. The van der Waals surface area contributed by atoms with Crippen molar-refractivity contribution in [1.82, 2.24) is 20.1 Å². The minimum Gasteiger partial charge on any atom is -0.332 e. The number of carbonyl (C=O) groups excluding carboxylic acids is 1. The van der Waals surface area contributed by atoms with E-state index in [-0.39, 0.29) is 18.1 Å². The maximum Gasteiger partial charge on any atom is 0.317 e. The van der Waals surface area contributed by atoms with E-state index in [0.717, 1.165) is 31.9 Å². The summed E-state index contributed by atoms with van der Waals surface area (Å²) < 4.78 is 0. The molecule has 114 valence electrons. The van der Waals surface area contributed by atoms with Gasteiger partial charge in [-0.3, -0.25) is 9.88 Å². The summed E-state index contributed by atoms with van der Waals surface area (Å²) in [6.45, 7) is 11.0. The quantitative estimate of drug-likeness (QED) is 0.863. The number of hydrogen-bond donors (Lipinski definition) is 1. The van der Waals surface area contributed by atoms with Gasteiger partial charge in [0.2, 0.25) is 0 Å². The number of amides is 2. The zero-order valence-corrected chi connectivity index (χ0v) is 12.8. The van der Waals surface area contributed by atoms with Gasteiger partial charge in [-0.1, -0.05) is 12.1 Å². The summed E-state index contributed by atoms with van der Waals surface area (Å²) >= 11 is 0. The fourth-order valence-corrected chi connectivity index (χ4v) is 2.47. The van der Waals surface area contributed by atoms with E-state index >= 15 is 0 Å². The molecule has 5 heteroatoms. The number of carbonyl (C=O) groups is 1. The number of pyridine rings is 1. The van der Waals surface area contributed by atoms with Gasteiger partial charge in [0, 0.05) is 44.5 Å². The van der Waals surface area contributed by atoms with E-state index in [9.17, 15) is 4.79 Å². The smallest absolute Gasteiger partial charge is 0.317 e. The Bertz CT molecular complexity index is 468. The molecule has 0 saturated carbocycles. The molecule has 1 aliphatic heterocycles. The Hall–Kier alpha value is -1.88. The number of rotatable bonds is 4. The summed E-state index contributed by atoms with van der Waals surface area (Å²) in [5.41, 5.74) is 1.08. The Kier molecular flexibility index (Phi) is 5.33. The van der Waals surface area contributed by atoms with Crippen LogP contribution in [0.5, 0.6) is 0 Å². The molecule has 1 fully saturated rings. The highest BCUT2D eigenvalue weighted by molar-refractivity contribution is 5.74. The SMILES string of the molecule is C=C[C@@H](C)NC(=O)N1CCN([C@H](C)c2ccccn2)CC1. The molecule has 21 heavy (non-hydrogen) atoms. The normalized spacial score (nSPS) is 18.9. The van der Waals surface area contributed by atoms with E-state index in [0.29, 0.717) is 0 Å². The van der Waals surface area contributed by atoms with Crippen molar-refractivity contribution in [3.63, 3.8) is 0 Å². The standard InChI is InChI=1S/C16H24N4O/c1-4-13(2)18-16(21)20-11-9-19(10-12-20)14(3)15-7-5-6-8-17-15/h4-8,13-14H,1,9-12H2,2-3H3,(H,18,21)/t13-,14-/m1/s1. The van der Waals surface area contributed by atoms with Gasteiger partial charge in [0.05, 0.1) is 5.69 Å². The lowest BCUT2D eigenvalue weighted by Gasteiger charge is -2.38. The topological polar surface area (TPSA) is 48.5 Å². The summed E-state index contributed by atoms with van der Waals surface area (Å²) in [4.78, 5) is 20.7. The first kappa shape index (κ1) is 15.5. The van der Waals surface area contributed by atoms with Crippen molar-refractivity contribution in [3.05, 3.63) is 42.7 Å². The minimum absolute atomic E-state index is 0.00275. The number of urea groups is 1. The van der Waals surface area contributed by atoms with E-state index in [4.69, 9.17) is 0 Å². The Labute approximate surface area is 126 Å². The van der Waals surface area contributed by atoms with Crippen LogP contribution in [0.2, 0.25) is 0 Å². The molecule has 2 rings (SSSR count). The van der Waals surface area contributed by atoms with Crippen LogP contribution in [0, 0.1) is 0 Å². The average molecular weight is 288 g/mol. The van der Waals surface area contributed by atoms with E-state index in [2.05, 4.69) is 34.8 Å². The van der Waals surface area contributed by atoms with Crippen molar-refractivity contribution in [1.29, 1.82) is 0 Å². The van der Waals surface area contributed by atoms with Crippen molar-refractivity contribution >= 4 is 6.03 Å². The summed E-state index contributed by atoms with van der Waals surface area (Å²) in [5, 5.41) is 2.91. The number of aromatic nitrogens is 1. The maximum atomic E-state index is 12.1. The third-order valence-electron chi connectivity index (χ3n) is 3.97. The highest BCUT2D eigenvalue weighted by atomic mass is 16.2. The fraction of sp³-hybridized carbons (Fsp3) is 0.500. The number of nitrogens with one attached hydrogen (secondary N) is 1. The average Bonchev–Trinajstić information content (AvgIpc) is 2.55. The molecular formula is C16H24N4O. The summed E-state index contributed by atoms with van der Waals surface area (Å²) in [7, 11) is 0. The second-order valence-electron chi connectivity index (χ2n) is 5.43. The van der Waals surface area contributed by atoms with E-state index in [1.807, 2.05) is 30.2 Å². The second kappa shape index (κ2) is 7.22. The predicted molar refractivity (Wildman–Crippen MR) is 84.0 cm³/mol. The highest BCUT2D eigenvalue weighted by Crippen LogP contribution is 2.19. The lowest BCUT2D eigenvalue weighted by molar-refractivity contribution is 0.112. The lowest BCUT2D eigenvalue weighted by Crippen LogP contribution is -2.53. The maximum absolute atomic E-state index is 12.1. The van der Waals surface area contributed by atoms with Gasteiger partial charge in [0.25, 0.3) is 0 Å². The van der Waals surface area contributed by atoms with Gasteiger partial charge in [0.15, 0.2) is 0 Å². The Balaban J connectivity index is 1.85. The number of nitrogens with zero attached hydrogens (tertiary/aromatic N) is 3. The van der Waals surface area contributed by atoms with Gasteiger partial charge >= 0.3 is 6.03 Å². The summed E-state index contributed by atoms with van der Waals surface area (Å²) in [6, 6.07) is 6.27. The molecule has 0 aliphatic carbocycles. The molecule has 1 aliphatic rings. The van der Waals surface area contributed by atoms with Gasteiger partial charge in [-0.25, -0.2) is 4.79 Å². The van der Waals surface area contributed by atoms with Crippen molar-refractivity contribution in [2.75, 3.05) is 26.2 Å². The third-order valence-corrected chi connectivity index (χ3v) is 3.97. The van der Waals surface area contributed by atoms with Crippen LogP contribution in [0.25, 0.3) is 0 Å². The van der Waals surface area contributed by atoms with Crippen LogP contribution in [0.4, 0.5) is 4.79 Å². The zero-order chi connectivity index (χ0) is 15.2. The van der Waals surface area contributed by atoms with Crippen LogP contribution in [-0.2, 0) is 0 Å². The molecule has 1 aromatic heterocycles. The lowest BCUT2D eigenvalue weighted by atomic mass is 10.1. The first-order chi connectivity index (χ1) is 10.1. The molecule has 0 aromatic carbocycles. The van der Waals surface area contributed by atoms with E-state index < -0.39 is 0 Å². The number of hydrogen-bond acceptors (Lipinski definition) is 3. The third kappa shape index (κ3) is 4.04. The summed E-state index contributed by atoms with van der Waals surface area (Å²) in [5.74, 6) is 0. The molecule has 2 heterocycles. The van der Waals surface area contributed by atoms with Crippen LogP contribution >= 0.6 is 0 Å². The highest BCUT2D eigenvalue weighted by Gasteiger charge is 2.25. The van der Waals surface area contributed by atoms with Crippen LogP contribution in [0.3, 0.4) is 0 Å². The van der Waals surface area contributed by atoms with Crippen LogP contribution in [-0.4, -0.2) is 53.0 Å².